The molecule has 0 saturated carbocycles. The third-order valence-electron chi connectivity index (χ3n) is 9.33. The summed E-state index contributed by atoms with van der Waals surface area (Å²) in [5, 5.41) is 11.0. The molecule has 1 amide bonds. The van der Waals surface area contributed by atoms with Gasteiger partial charge in [-0.05, 0) is 53.6 Å². The van der Waals surface area contributed by atoms with Crippen LogP contribution in [0, 0.1) is 22.0 Å². The van der Waals surface area contributed by atoms with E-state index in [1.165, 1.54) is 24.3 Å². The quantitative estimate of drug-likeness (QED) is 0.0255. The molecule has 10 nitrogen and oxygen atoms in total. The number of likely N-dealkylation sites (tertiary alicyclic amines) is 1. The van der Waals surface area contributed by atoms with Crippen molar-refractivity contribution in [2.75, 3.05) is 19.8 Å². The van der Waals surface area contributed by atoms with Crippen molar-refractivity contribution in [3.05, 3.63) is 160 Å². The second-order valence-corrected chi connectivity index (χ2v) is 13.3. The van der Waals surface area contributed by atoms with Gasteiger partial charge in [-0.15, -0.1) is 6.58 Å². The molecule has 1 saturated heterocycles. The predicted molar refractivity (Wildman–Crippen MR) is 197 cm³/mol. The second-order valence-electron chi connectivity index (χ2n) is 13.3. The van der Waals surface area contributed by atoms with Crippen LogP contribution >= 0.6 is 0 Å². The van der Waals surface area contributed by atoms with E-state index in [0.717, 1.165) is 23.1 Å². The highest BCUT2D eigenvalue weighted by Crippen LogP contribution is 2.42. The zero-order valence-electron chi connectivity index (χ0n) is 29.8. The molecule has 0 N–H and O–H groups in total. The second kappa shape index (κ2) is 17.7. The maximum atomic E-state index is 13.7. The minimum Gasteiger partial charge on any atom is -0.430 e. The Bertz CT molecular complexity index is 1670. The number of ether oxygens (including phenoxy) is 4. The lowest BCUT2D eigenvalue weighted by Gasteiger charge is -2.52. The van der Waals surface area contributed by atoms with Crippen molar-refractivity contribution in [2.45, 2.75) is 57.6 Å². The molecule has 272 valence electrons. The van der Waals surface area contributed by atoms with Gasteiger partial charge in [0.15, 0.2) is 0 Å². The van der Waals surface area contributed by atoms with Gasteiger partial charge in [0.25, 0.3) is 5.69 Å². The summed E-state index contributed by atoms with van der Waals surface area (Å²) in [6.07, 6.45) is 0.0508. The summed E-state index contributed by atoms with van der Waals surface area (Å²) in [6, 6.07) is 35.3. The summed E-state index contributed by atoms with van der Waals surface area (Å²) >= 11 is 0. The number of amides is 1. The molecule has 52 heavy (non-hydrogen) atoms. The number of nitrogens with zero attached hydrogens (tertiary/aromatic N) is 2. The smallest absolute Gasteiger partial charge is 0.430 e. The third-order valence-corrected chi connectivity index (χ3v) is 9.33. The highest BCUT2D eigenvalue weighted by Gasteiger charge is 2.55. The Morgan fingerprint density at radius 2 is 1.42 bits per heavy atom. The van der Waals surface area contributed by atoms with Gasteiger partial charge in [-0.2, -0.15) is 0 Å². The Balaban J connectivity index is 1.43. The van der Waals surface area contributed by atoms with Gasteiger partial charge in [-0.25, -0.2) is 4.79 Å². The highest BCUT2D eigenvalue weighted by molar-refractivity contribution is 5.87. The number of benzene rings is 4. The first-order valence-electron chi connectivity index (χ1n) is 17.6. The van der Waals surface area contributed by atoms with E-state index in [1.54, 1.807) is 17.9 Å². The first-order valence-corrected chi connectivity index (χ1v) is 17.6. The van der Waals surface area contributed by atoms with E-state index < -0.39 is 40.8 Å². The normalized spacial score (nSPS) is 16.8. The number of nitro groups is 1. The maximum absolute atomic E-state index is 13.7. The van der Waals surface area contributed by atoms with Crippen LogP contribution in [-0.4, -0.2) is 59.9 Å². The number of hydrogen-bond acceptors (Lipinski definition) is 8. The minimum atomic E-state index is -1.01. The zero-order valence-corrected chi connectivity index (χ0v) is 29.8. The minimum absolute atomic E-state index is 0.0683. The molecule has 1 heterocycles. The Labute approximate surface area is 305 Å². The van der Waals surface area contributed by atoms with Crippen LogP contribution in [-0.2, 0) is 35.9 Å². The van der Waals surface area contributed by atoms with Crippen molar-refractivity contribution >= 4 is 17.7 Å². The van der Waals surface area contributed by atoms with Crippen molar-refractivity contribution in [1.82, 2.24) is 4.90 Å². The van der Waals surface area contributed by atoms with Crippen LogP contribution in [0.2, 0.25) is 0 Å². The molecule has 4 atom stereocenters. The van der Waals surface area contributed by atoms with Crippen LogP contribution in [0.5, 0.6) is 0 Å². The molecule has 0 aromatic heterocycles. The van der Waals surface area contributed by atoms with Gasteiger partial charge in [0.05, 0.1) is 23.5 Å². The van der Waals surface area contributed by atoms with Crippen molar-refractivity contribution in [3.63, 3.8) is 0 Å². The Hall–Kier alpha value is -5.32. The van der Waals surface area contributed by atoms with E-state index in [2.05, 4.69) is 20.4 Å². The lowest BCUT2D eigenvalue weighted by Crippen LogP contribution is -2.69. The summed E-state index contributed by atoms with van der Waals surface area (Å²) in [5.41, 5.74) is 2.28. The number of nitro benzene ring substituents is 1. The first kappa shape index (κ1) is 37.9. The first-order chi connectivity index (χ1) is 25.1. The summed E-state index contributed by atoms with van der Waals surface area (Å²) in [6.45, 7) is 10.5. The molecule has 0 spiro atoms. The largest absolute Gasteiger partial charge is 0.508 e. The van der Waals surface area contributed by atoms with Crippen LogP contribution in [0.3, 0.4) is 0 Å². The molecule has 4 aromatic carbocycles. The third kappa shape index (κ3) is 8.75. The van der Waals surface area contributed by atoms with Gasteiger partial charge in [0, 0.05) is 25.3 Å². The number of carbonyl (C=O) groups is 2. The van der Waals surface area contributed by atoms with Gasteiger partial charge in [-0.3, -0.25) is 14.9 Å². The van der Waals surface area contributed by atoms with Crippen LogP contribution in [0.15, 0.2) is 128 Å². The molecule has 0 radical (unpaired) electrons. The molecule has 1 unspecified atom stereocenters. The summed E-state index contributed by atoms with van der Waals surface area (Å²) in [7, 11) is 0. The van der Waals surface area contributed by atoms with E-state index in [0.29, 0.717) is 18.1 Å². The van der Waals surface area contributed by atoms with Crippen molar-refractivity contribution in [1.29, 1.82) is 0 Å². The molecule has 10 heteroatoms. The van der Waals surface area contributed by atoms with Crippen LogP contribution < -0.4 is 0 Å². The van der Waals surface area contributed by atoms with Gasteiger partial charge in [-0.1, -0.05) is 111 Å². The molecular formula is C42H46N2O8. The van der Waals surface area contributed by atoms with Gasteiger partial charge < -0.3 is 23.8 Å². The summed E-state index contributed by atoms with van der Waals surface area (Å²) in [4.78, 5) is 38.7. The highest BCUT2D eigenvalue weighted by atomic mass is 16.7. The van der Waals surface area contributed by atoms with Crippen LogP contribution in [0.25, 0.3) is 0 Å². The monoisotopic (exact) mass is 706 g/mol. The van der Waals surface area contributed by atoms with Crippen LogP contribution in [0.4, 0.5) is 10.5 Å². The van der Waals surface area contributed by atoms with E-state index in [1.807, 2.05) is 91.0 Å². The lowest BCUT2D eigenvalue weighted by atomic mass is 9.78. The molecule has 0 aliphatic carbocycles. The Morgan fingerprint density at radius 3 is 1.90 bits per heavy atom. The molecule has 0 bridgehead atoms. The Kier molecular flexibility index (Phi) is 12.9. The molecule has 1 aliphatic rings. The number of β-lactam (4-membered cyclic amide) rings is 1. The average Bonchev–Trinajstić information content (AvgIpc) is 3.16. The number of non-ortho nitro benzene ring substituents is 1. The lowest BCUT2D eigenvalue weighted by molar-refractivity contribution is -0.384. The van der Waals surface area contributed by atoms with Gasteiger partial charge in [0.1, 0.15) is 24.4 Å². The number of rotatable bonds is 18. The SMILES string of the molecule is C=CCN1C(=O)[C@H]([C@@H](C)OC(=O)OCc2ccc([N+](=O)[O-])cc2)C1[C@H](COC(c1ccccc1)(c1ccccc1)c1ccccc1)OCCC(C)C. The van der Waals surface area contributed by atoms with Gasteiger partial charge >= 0.3 is 6.16 Å². The maximum Gasteiger partial charge on any atom is 0.508 e. The van der Waals surface area contributed by atoms with E-state index in [9.17, 15) is 19.7 Å². The summed E-state index contributed by atoms with van der Waals surface area (Å²) < 4.78 is 24.8. The Morgan fingerprint density at radius 1 is 0.885 bits per heavy atom. The molecule has 1 fully saturated rings. The van der Waals surface area contributed by atoms with Crippen molar-refractivity contribution < 1.29 is 33.5 Å². The fourth-order valence-electron chi connectivity index (χ4n) is 6.65. The zero-order chi connectivity index (χ0) is 37.1. The van der Waals surface area contributed by atoms with E-state index in [-0.39, 0.29) is 31.4 Å². The van der Waals surface area contributed by atoms with Gasteiger partial charge in [0.2, 0.25) is 5.91 Å². The van der Waals surface area contributed by atoms with E-state index >= 15 is 0 Å². The molecule has 5 rings (SSSR count). The number of carbonyl (C=O) groups excluding carboxylic acids is 2. The van der Waals surface area contributed by atoms with Crippen LogP contribution in [0.1, 0.15) is 49.4 Å². The topological polar surface area (TPSA) is 117 Å². The fourth-order valence-corrected chi connectivity index (χ4v) is 6.65. The van der Waals surface area contributed by atoms with E-state index in [4.69, 9.17) is 18.9 Å². The molecule has 1 aliphatic heterocycles. The van der Waals surface area contributed by atoms with Crippen molar-refractivity contribution in [3.8, 4) is 0 Å². The number of hydrogen-bond donors (Lipinski definition) is 0. The summed E-state index contributed by atoms with van der Waals surface area (Å²) in [5.74, 6) is -0.549. The average molecular weight is 707 g/mol. The predicted octanol–water partition coefficient (Wildman–Crippen LogP) is 8.09. The fraction of sp³-hybridized carbons (Fsp3) is 0.333. The molecule has 4 aromatic rings. The molecular weight excluding hydrogens is 660 g/mol. The standard InChI is InChI=1S/C42H46N2O8/c1-5-26-43-39(38(40(43)45)31(4)52-41(46)50-28-32-21-23-36(24-22-32)44(47)48)37(49-27-25-30(2)3)29-51-42(33-15-9-6-10-16-33,34-17-11-7-12-18-34)35-19-13-8-14-20-35/h5-24,30-31,37-39H,1,25-29H2,2-4H3/t31-,37+,38-,39?/m1/s1. The van der Waals surface area contributed by atoms with Crippen molar-refractivity contribution in [2.24, 2.45) is 11.8 Å².